The van der Waals surface area contributed by atoms with Gasteiger partial charge in [0.25, 0.3) is 11.8 Å². The molecule has 1 unspecified atom stereocenters. The first-order valence-corrected chi connectivity index (χ1v) is 9.88. The summed E-state index contributed by atoms with van der Waals surface area (Å²) in [7, 11) is 0. The first-order chi connectivity index (χ1) is 14.5. The normalized spacial score (nSPS) is 14.1. The van der Waals surface area contributed by atoms with E-state index in [0.717, 1.165) is 10.9 Å². The minimum atomic E-state index is -0.329. The van der Waals surface area contributed by atoms with E-state index in [9.17, 15) is 18.8 Å². The molecule has 0 aromatic heterocycles. The summed E-state index contributed by atoms with van der Waals surface area (Å²) in [5.74, 6) is -1.18. The van der Waals surface area contributed by atoms with E-state index in [1.807, 2.05) is 19.1 Å². The first kappa shape index (κ1) is 19.8. The van der Waals surface area contributed by atoms with E-state index in [2.05, 4.69) is 5.32 Å². The zero-order chi connectivity index (χ0) is 21.3. The predicted octanol–water partition coefficient (Wildman–Crippen LogP) is 4.23. The maximum atomic E-state index is 13.0. The highest BCUT2D eigenvalue weighted by molar-refractivity contribution is 6.25. The van der Waals surface area contributed by atoms with E-state index >= 15 is 0 Å². The van der Waals surface area contributed by atoms with Gasteiger partial charge in [-0.05, 0) is 48.6 Å². The first-order valence-electron chi connectivity index (χ1n) is 9.88. The van der Waals surface area contributed by atoms with Crippen molar-refractivity contribution >= 4 is 28.5 Å². The van der Waals surface area contributed by atoms with Gasteiger partial charge in [-0.15, -0.1) is 0 Å². The molecule has 1 N–H and O–H groups in total. The molecule has 3 aromatic rings. The van der Waals surface area contributed by atoms with Crippen molar-refractivity contribution in [2.45, 2.75) is 25.8 Å². The van der Waals surface area contributed by atoms with Crippen LogP contribution >= 0.6 is 0 Å². The Balaban J connectivity index is 1.38. The average molecular weight is 404 g/mol. The number of rotatable bonds is 6. The number of nitrogens with one attached hydrogen (secondary N) is 1. The van der Waals surface area contributed by atoms with Crippen LogP contribution in [0.5, 0.6) is 0 Å². The molecule has 5 nitrogen and oxygen atoms in total. The zero-order valence-electron chi connectivity index (χ0n) is 16.5. The van der Waals surface area contributed by atoms with E-state index in [0.29, 0.717) is 22.9 Å². The van der Waals surface area contributed by atoms with Crippen LogP contribution < -0.4 is 5.32 Å². The van der Waals surface area contributed by atoms with Crippen LogP contribution in [0.1, 0.15) is 52.1 Å². The molecule has 0 fully saturated rings. The molecule has 0 aliphatic carbocycles. The number of halogens is 1. The Kier molecular flexibility index (Phi) is 5.31. The largest absolute Gasteiger partial charge is 0.350 e. The van der Waals surface area contributed by atoms with E-state index in [-0.39, 0.29) is 42.5 Å². The van der Waals surface area contributed by atoms with Crippen molar-refractivity contribution in [3.63, 3.8) is 0 Å². The molecule has 0 bridgehead atoms. The Labute approximate surface area is 173 Å². The molecule has 3 amide bonds. The molecular formula is C24H21FN2O3. The number of imide groups is 1. The zero-order valence-corrected chi connectivity index (χ0v) is 16.5. The summed E-state index contributed by atoms with van der Waals surface area (Å²) >= 11 is 0. The quantitative estimate of drug-likeness (QED) is 0.625. The molecular weight excluding hydrogens is 383 g/mol. The highest BCUT2D eigenvalue weighted by Crippen LogP contribution is 2.30. The Bertz CT molecular complexity index is 1090. The van der Waals surface area contributed by atoms with Crippen LogP contribution in [-0.4, -0.2) is 29.2 Å². The van der Waals surface area contributed by atoms with Gasteiger partial charge in [0.1, 0.15) is 5.82 Å². The second-order valence-electron chi connectivity index (χ2n) is 7.42. The lowest BCUT2D eigenvalue weighted by molar-refractivity contribution is -0.121. The molecule has 1 atom stereocenters. The third-order valence-corrected chi connectivity index (χ3v) is 5.39. The minimum Gasteiger partial charge on any atom is -0.350 e. The van der Waals surface area contributed by atoms with E-state index in [4.69, 9.17) is 0 Å². The predicted molar refractivity (Wildman–Crippen MR) is 112 cm³/mol. The van der Waals surface area contributed by atoms with Crippen LogP contribution in [0.25, 0.3) is 10.8 Å². The van der Waals surface area contributed by atoms with Gasteiger partial charge in [0.2, 0.25) is 5.91 Å². The summed E-state index contributed by atoms with van der Waals surface area (Å²) in [5, 5.41) is 4.41. The number of carbonyl (C=O) groups is 3. The van der Waals surface area contributed by atoms with Gasteiger partial charge >= 0.3 is 0 Å². The fourth-order valence-corrected chi connectivity index (χ4v) is 3.83. The van der Waals surface area contributed by atoms with Gasteiger partial charge in [-0.25, -0.2) is 4.39 Å². The minimum absolute atomic E-state index is 0.167. The Morgan fingerprint density at radius 2 is 1.57 bits per heavy atom. The molecule has 1 heterocycles. The van der Waals surface area contributed by atoms with E-state index < -0.39 is 0 Å². The number of amides is 3. The molecule has 0 saturated carbocycles. The molecule has 3 aromatic carbocycles. The summed E-state index contributed by atoms with van der Waals surface area (Å²) in [6, 6.07) is 16.5. The Morgan fingerprint density at radius 3 is 2.17 bits per heavy atom. The Hall–Kier alpha value is -3.54. The number of nitrogens with zero attached hydrogens (tertiary/aromatic N) is 1. The summed E-state index contributed by atoms with van der Waals surface area (Å²) < 4.78 is 13.0. The van der Waals surface area contributed by atoms with Crippen molar-refractivity contribution in [1.82, 2.24) is 10.2 Å². The molecule has 0 spiro atoms. The highest BCUT2D eigenvalue weighted by Gasteiger charge is 2.32. The molecule has 6 heteroatoms. The van der Waals surface area contributed by atoms with Gasteiger partial charge in [0, 0.05) is 29.5 Å². The van der Waals surface area contributed by atoms with Gasteiger partial charge in [-0.2, -0.15) is 0 Å². The van der Waals surface area contributed by atoms with Crippen LogP contribution in [0.4, 0.5) is 4.39 Å². The SMILES string of the molecule is CC(NC(=O)CCCN1C(=O)c2cccc3cccc(c23)C1=O)c1ccc(F)cc1. The maximum Gasteiger partial charge on any atom is 0.261 e. The van der Waals surface area contributed by atoms with Crippen LogP contribution in [0.3, 0.4) is 0 Å². The van der Waals surface area contributed by atoms with Gasteiger partial charge in [-0.1, -0.05) is 36.4 Å². The second kappa shape index (κ2) is 8.06. The summed E-state index contributed by atoms with van der Waals surface area (Å²) in [4.78, 5) is 39.2. The van der Waals surface area contributed by atoms with Crippen molar-refractivity contribution in [1.29, 1.82) is 0 Å². The molecule has 30 heavy (non-hydrogen) atoms. The van der Waals surface area contributed by atoms with Crippen LogP contribution in [-0.2, 0) is 4.79 Å². The van der Waals surface area contributed by atoms with Gasteiger partial charge in [-0.3, -0.25) is 19.3 Å². The van der Waals surface area contributed by atoms with Crippen LogP contribution in [0.2, 0.25) is 0 Å². The number of hydrogen-bond acceptors (Lipinski definition) is 3. The van der Waals surface area contributed by atoms with Crippen LogP contribution in [0, 0.1) is 5.82 Å². The topological polar surface area (TPSA) is 66.5 Å². The van der Waals surface area contributed by atoms with E-state index in [1.54, 1.807) is 36.4 Å². The van der Waals surface area contributed by atoms with Crippen molar-refractivity contribution < 1.29 is 18.8 Å². The maximum absolute atomic E-state index is 13.0. The molecule has 0 saturated heterocycles. The van der Waals surface area contributed by atoms with Gasteiger partial charge in [0.15, 0.2) is 0 Å². The lowest BCUT2D eigenvalue weighted by Gasteiger charge is -2.27. The number of carbonyl (C=O) groups excluding carboxylic acids is 3. The molecule has 0 radical (unpaired) electrons. The standard InChI is InChI=1S/C24H21FN2O3/c1-15(16-10-12-18(25)13-11-16)26-21(28)9-4-14-27-23(29)19-7-2-5-17-6-3-8-20(22(17)19)24(27)30/h2-3,5-8,10-13,15H,4,9,14H2,1H3,(H,26,28). The van der Waals surface area contributed by atoms with Crippen LogP contribution in [0.15, 0.2) is 60.7 Å². The molecule has 1 aliphatic rings. The molecule has 1 aliphatic heterocycles. The lowest BCUT2D eigenvalue weighted by Crippen LogP contribution is -2.41. The van der Waals surface area contributed by atoms with Crippen molar-refractivity contribution in [2.75, 3.05) is 6.54 Å². The fraction of sp³-hybridized carbons (Fsp3) is 0.208. The van der Waals surface area contributed by atoms with Crippen molar-refractivity contribution in [2.24, 2.45) is 0 Å². The molecule has 152 valence electrons. The third-order valence-electron chi connectivity index (χ3n) is 5.39. The second-order valence-corrected chi connectivity index (χ2v) is 7.42. The monoisotopic (exact) mass is 404 g/mol. The highest BCUT2D eigenvalue weighted by atomic mass is 19.1. The average Bonchev–Trinajstić information content (AvgIpc) is 2.74. The Morgan fingerprint density at radius 1 is 0.967 bits per heavy atom. The smallest absolute Gasteiger partial charge is 0.261 e. The van der Waals surface area contributed by atoms with E-state index in [1.165, 1.54) is 17.0 Å². The summed E-state index contributed by atoms with van der Waals surface area (Å²) in [6.07, 6.45) is 0.534. The van der Waals surface area contributed by atoms with Crippen molar-refractivity contribution in [3.05, 3.63) is 83.2 Å². The summed E-state index contributed by atoms with van der Waals surface area (Å²) in [6.45, 7) is 1.99. The fourth-order valence-electron chi connectivity index (χ4n) is 3.83. The summed E-state index contributed by atoms with van der Waals surface area (Å²) in [5.41, 5.74) is 1.82. The van der Waals surface area contributed by atoms with Gasteiger partial charge in [0.05, 0.1) is 6.04 Å². The van der Waals surface area contributed by atoms with Crippen molar-refractivity contribution in [3.8, 4) is 0 Å². The lowest BCUT2D eigenvalue weighted by atomic mass is 9.94. The number of benzene rings is 3. The molecule has 4 rings (SSSR count). The third kappa shape index (κ3) is 3.68. The number of hydrogen-bond donors (Lipinski definition) is 1. The van der Waals surface area contributed by atoms with Gasteiger partial charge < -0.3 is 5.32 Å².